The average Bonchev–Trinajstić information content (AvgIpc) is 2.80. The molecule has 0 fully saturated rings. The number of anilines is 1. The van der Waals surface area contributed by atoms with Gasteiger partial charge in [0.15, 0.2) is 0 Å². The minimum absolute atomic E-state index is 0.0563. The van der Waals surface area contributed by atoms with Crippen LogP contribution in [0.3, 0.4) is 0 Å². The smallest absolute Gasteiger partial charge is 0.263 e. The standard InChI is InChI=1S/C18H28N2O3S/c1-4-6-10-20-11-7-12-23-17-9-8-15(13-16(17)20)18(21)19-24(22)14(3)5-2/h8-9,13-14H,4-7,10-12H2,1-3H3,(H,19,21)/t14-,24?/m1/s1. The fourth-order valence-corrected chi connectivity index (χ4v) is 3.37. The molecule has 1 aliphatic rings. The van der Waals surface area contributed by atoms with E-state index in [4.69, 9.17) is 4.74 Å². The summed E-state index contributed by atoms with van der Waals surface area (Å²) < 4.78 is 20.4. The van der Waals surface area contributed by atoms with Gasteiger partial charge in [0.25, 0.3) is 5.91 Å². The summed E-state index contributed by atoms with van der Waals surface area (Å²) >= 11 is 0. The molecule has 1 aliphatic heterocycles. The molecule has 5 nitrogen and oxygen atoms in total. The zero-order valence-corrected chi connectivity index (χ0v) is 15.7. The van der Waals surface area contributed by atoms with E-state index in [1.54, 1.807) is 6.07 Å². The van der Waals surface area contributed by atoms with Gasteiger partial charge in [-0.2, -0.15) is 0 Å². The molecule has 6 heteroatoms. The third-order valence-corrected chi connectivity index (χ3v) is 5.76. The van der Waals surface area contributed by atoms with Gasteiger partial charge in [-0.05, 0) is 44.4 Å². The molecular formula is C18H28N2O3S. The van der Waals surface area contributed by atoms with Crippen molar-refractivity contribution in [2.45, 2.75) is 51.7 Å². The van der Waals surface area contributed by atoms with Crippen LogP contribution in [-0.4, -0.2) is 35.1 Å². The van der Waals surface area contributed by atoms with Gasteiger partial charge in [0.05, 0.1) is 17.5 Å². The van der Waals surface area contributed by atoms with E-state index in [-0.39, 0.29) is 11.2 Å². The third kappa shape index (κ3) is 4.72. The van der Waals surface area contributed by atoms with Crippen molar-refractivity contribution >= 4 is 22.6 Å². The average molecular weight is 353 g/mol. The van der Waals surface area contributed by atoms with Gasteiger partial charge in [0.2, 0.25) is 0 Å². The van der Waals surface area contributed by atoms with Gasteiger partial charge >= 0.3 is 0 Å². The summed E-state index contributed by atoms with van der Waals surface area (Å²) in [6, 6.07) is 5.45. The molecule has 1 heterocycles. The summed E-state index contributed by atoms with van der Waals surface area (Å²) in [5, 5.41) is -0.0563. The lowest BCUT2D eigenvalue weighted by molar-refractivity contribution is 0.0982. The van der Waals surface area contributed by atoms with Crippen LogP contribution >= 0.6 is 0 Å². The van der Waals surface area contributed by atoms with Crippen LogP contribution in [0.1, 0.15) is 56.8 Å². The first-order valence-corrected chi connectivity index (χ1v) is 10.0. The number of fused-ring (bicyclic) bond motifs is 1. The summed E-state index contributed by atoms with van der Waals surface area (Å²) in [4.78, 5) is 14.7. The number of nitrogens with zero attached hydrogens (tertiary/aromatic N) is 1. The normalized spacial score (nSPS) is 16.5. The number of hydrogen-bond acceptors (Lipinski definition) is 4. The molecule has 0 aromatic heterocycles. The predicted molar refractivity (Wildman–Crippen MR) is 99.0 cm³/mol. The molecule has 0 saturated heterocycles. The number of unbranched alkanes of at least 4 members (excludes halogenated alkanes) is 1. The molecule has 0 spiro atoms. The van der Waals surface area contributed by atoms with Crippen LogP contribution in [0.2, 0.25) is 0 Å². The second-order valence-electron chi connectivity index (χ2n) is 6.17. The van der Waals surface area contributed by atoms with E-state index in [2.05, 4.69) is 16.5 Å². The highest BCUT2D eigenvalue weighted by atomic mass is 32.2. The van der Waals surface area contributed by atoms with Gasteiger partial charge < -0.3 is 9.64 Å². The minimum Gasteiger partial charge on any atom is -0.491 e. The van der Waals surface area contributed by atoms with Crippen molar-refractivity contribution in [2.24, 2.45) is 0 Å². The highest BCUT2D eigenvalue weighted by Gasteiger charge is 2.20. The topological polar surface area (TPSA) is 58.6 Å². The SMILES string of the molecule is CCCCN1CCCOc2ccc(C(=O)NS(=O)[C@H](C)CC)cc21. The van der Waals surface area contributed by atoms with Gasteiger partial charge in [-0.15, -0.1) is 0 Å². The first-order chi connectivity index (χ1) is 11.6. The number of carbonyl (C=O) groups is 1. The van der Waals surface area contributed by atoms with Crippen molar-refractivity contribution in [3.05, 3.63) is 23.8 Å². The Kier molecular flexibility index (Phi) is 7.09. The number of rotatable bonds is 7. The van der Waals surface area contributed by atoms with E-state index in [0.717, 1.165) is 50.2 Å². The van der Waals surface area contributed by atoms with Crippen LogP contribution in [0, 0.1) is 0 Å². The Morgan fingerprint density at radius 2 is 2.21 bits per heavy atom. The van der Waals surface area contributed by atoms with Crippen LogP contribution in [0.5, 0.6) is 5.75 Å². The van der Waals surface area contributed by atoms with Crippen LogP contribution in [0.4, 0.5) is 5.69 Å². The zero-order chi connectivity index (χ0) is 17.5. The lowest BCUT2D eigenvalue weighted by atomic mass is 10.1. The van der Waals surface area contributed by atoms with Gasteiger partial charge in [0.1, 0.15) is 16.7 Å². The Morgan fingerprint density at radius 3 is 2.92 bits per heavy atom. The largest absolute Gasteiger partial charge is 0.491 e. The molecule has 0 aliphatic carbocycles. The molecule has 1 aromatic carbocycles. The molecule has 0 bridgehead atoms. The number of nitrogens with one attached hydrogen (secondary N) is 1. The fraction of sp³-hybridized carbons (Fsp3) is 0.611. The number of amides is 1. The van der Waals surface area contributed by atoms with Crippen LogP contribution in [0.15, 0.2) is 18.2 Å². The fourth-order valence-electron chi connectivity index (χ4n) is 2.57. The number of carbonyl (C=O) groups excluding carboxylic acids is 1. The summed E-state index contributed by atoms with van der Waals surface area (Å²) in [7, 11) is -1.36. The van der Waals surface area contributed by atoms with Crippen LogP contribution < -0.4 is 14.4 Å². The molecule has 2 rings (SSSR count). The zero-order valence-electron chi connectivity index (χ0n) is 14.8. The van der Waals surface area contributed by atoms with E-state index in [9.17, 15) is 9.00 Å². The minimum atomic E-state index is -1.36. The molecule has 134 valence electrons. The third-order valence-electron chi connectivity index (χ3n) is 4.31. The van der Waals surface area contributed by atoms with Crippen molar-refractivity contribution in [3.63, 3.8) is 0 Å². The second kappa shape index (κ2) is 9.06. The summed E-state index contributed by atoms with van der Waals surface area (Å²) in [5.74, 6) is 0.527. The summed E-state index contributed by atoms with van der Waals surface area (Å²) in [6.45, 7) is 8.57. The van der Waals surface area contributed by atoms with Gasteiger partial charge in [-0.25, -0.2) is 4.21 Å². The number of hydrogen-bond donors (Lipinski definition) is 1. The Hall–Kier alpha value is -1.56. The number of benzene rings is 1. The van der Waals surface area contributed by atoms with E-state index in [1.807, 2.05) is 26.0 Å². The monoisotopic (exact) mass is 352 g/mol. The van der Waals surface area contributed by atoms with E-state index in [1.165, 1.54) is 0 Å². The van der Waals surface area contributed by atoms with E-state index >= 15 is 0 Å². The van der Waals surface area contributed by atoms with Crippen LogP contribution in [-0.2, 0) is 11.0 Å². The molecular weight excluding hydrogens is 324 g/mol. The molecule has 1 unspecified atom stereocenters. The lowest BCUT2D eigenvalue weighted by Gasteiger charge is -2.24. The predicted octanol–water partition coefficient (Wildman–Crippen LogP) is 3.27. The van der Waals surface area contributed by atoms with Crippen molar-refractivity contribution in [2.75, 3.05) is 24.6 Å². The highest BCUT2D eigenvalue weighted by Crippen LogP contribution is 2.32. The van der Waals surface area contributed by atoms with Gasteiger partial charge in [0, 0.05) is 18.7 Å². The molecule has 0 radical (unpaired) electrons. The van der Waals surface area contributed by atoms with Crippen molar-refractivity contribution in [3.8, 4) is 5.75 Å². The maximum absolute atomic E-state index is 12.4. The van der Waals surface area contributed by atoms with Crippen molar-refractivity contribution < 1.29 is 13.7 Å². The van der Waals surface area contributed by atoms with E-state index in [0.29, 0.717) is 12.2 Å². The molecule has 1 aromatic rings. The first kappa shape index (κ1) is 18.8. The Bertz CT molecular complexity index is 592. The van der Waals surface area contributed by atoms with Gasteiger partial charge in [-0.1, -0.05) is 20.3 Å². The molecule has 0 saturated carbocycles. The Balaban J connectivity index is 2.19. The molecule has 2 atom stereocenters. The van der Waals surface area contributed by atoms with Gasteiger partial charge in [-0.3, -0.25) is 9.52 Å². The maximum Gasteiger partial charge on any atom is 0.263 e. The van der Waals surface area contributed by atoms with Crippen molar-refractivity contribution in [1.29, 1.82) is 0 Å². The van der Waals surface area contributed by atoms with Crippen LogP contribution in [0.25, 0.3) is 0 Å². The quantitative estimate of drug-likeness (QED) is 0.818. The lowest BCUT2D eigenvalue weighted by Crippen LogP contribution is -2.31. The molecule has 24 heavy (non-hydrogen) atoms. The molecule has 1 N–H and O–H groups in total. The summed E-state index contributed by atoms with van der Waals surface area (Å²) in [6.07, 6.45) is 3.96. The number of ether oxygens (including phenoxy) is 1. The Labute approximate surface area is 147 Å². The highest BCUT2D eigenvalue weighted by molar-refractivity contribution is 7.84. The Morgan fingerprint density at radius 1 is 1.42 bits per heavy atom. The first-order valence-electron chi connectivity index (χ1n) is 8.80. The van der Waals surface area contributed by atoms with Crippen molar-refractivity contribution in [1.82, 2.24) is 4.72 Å². The second-order valence-corrected chi connectivity index (χ2v) is 7.78. The van der Waals surface area contributed by atoms with E-state index < -0.39 is 11.0 Å². The summed E-state index contributed by atoms with van der Waals surface area (Å²) in [5.41, 5.74) is 1.49. The maximum atomic E-state index is 12.4. The molecule has 1 amide bonds.